The Morgan fingerprint density at radius 3 is 2.88 bits per heavy atom. The van der Waals surface area contributed by atoms with Crippen LogP contribution in [-0.2, 0) is 16.0 Å². The summed E-state index contributed by atoms with van der Waals surface area (Å²) in [7, 11) is 0. The highest BCUT2D eigenvalue weighted by molar-refractivity contribution is 6.30. The average Bonchev–Trinajstić information content (AvgIpc) is 3.09. The van der Waals surface area contributed by atoms with Crippen molar-refractivity contribution in [3.63, 3.8) is 0 Å². The number of amides is 1. The molecule has 26 heavy (non-hydrogen) atoms. The quantitative estimate of drug-likeness (QED) is 0.715. The molecule has 2 aromatic rings. The van der Waals surface area contributed by atoms with Crippen LogP contribution in [0.2, 0.25) is 5.02 Å². The van der Waals surface area contributed by atoms with E-state index in [0.29, 0.717) is 10.7 Å². The van der Waals surface area contributed by atoms with Gasteiger partial charge in [0.15, 0.2) is 12.3 Å². The zero-order valence-electron chi connectivity index (χ0n) is 14.4. The summed E-state index contributed by atoms with van der Waals surface area (Å²) in [6, 6.07) is 10.3. The monoisotopic (exact) mass is 374 g/mol. The minimum absolute atomic E-state index is 0.132. The Labute approximate surface area is 156 Å². The standard InChI is InChI=1S/C18H19ClN4O3/c1-2-5-14-11-16(22-21-14)18(25)26-12-17(24)23(9-4-8-20)15-7-3-6-13(19)10-15/h3,6-7,10-11H,2,4-5,9,12H2,1H3,(H,21,22). The van der Waals surface area contributed by atoms with Gasteiger partial charge in [-0.05, 0) is 30.7 Å². The lowest BCUT2D eigenvalue weighted by Gasteiger charge is -2.21. The first-order valence-electron chi connectivity index (χ1n) is 8.19. The van der Waals surface area contributed by atoms with Crippen LogP contribution >= 0.6 is 11.6 Å². The summed E-state index contributed by atoms with van der Waals surface area (Å²) in [6.45, 7) is 1.74. The Morgan fingerprint density at radius 2 is 2.19 bits per heavy atom. The molecule has 1 amide bonds. The van der Waals surface area contributed by atoms with E-state index >= 15 is 0 Å². The van der Waals surface area contributed by atoms with Gasteiger partial charge in [0.25, 0.3) is 5.91 Å². The van der Waals surface area contributed by atoms with Gasteiger partial charge in [-0.3, -0.25) is 9.89 Å². The minimum Gasteiger partial charge on any atom is -0.451 e. The van der Waals surface area contributed by atoms with Crippen molar-refractivity contribution in [2.75, 3.05) is 18.1 Å². The number of nitriles is 1. The maximum absolute atomic E-state index is 12.5. The molecule has 0 saturated heterocycles. The highest BCUT2D eigenvalue weighted by Crippen LogP contribution is 2.20. The molecule has 0 aliphatic carbocycles. The lowest BCUT2D eigenvalue weighted by Crippen LogP contribution is -2.35. The normalized spacial score (nSPS) is 10.2. The van der Waals surface area contributed by atoms with Gasteiger partial charge in [0.1, 0.15) is 0 Å². The van der Waals surface area contributed by atoms with Crippen molar-refractivity contribution in [1.29, 1.82) is 5.26 Å². The molecule has 0 fully saturated rings. The van der Waals surface area contributed by atoms with Gasteiger partial charge < -0.3 is 9.64 Å². The molecule has 0 radical (unpaired) electrons. The molecular weight excluding hydrogens is 356 g/mol. The zero-order chi connectivity index (χ0) is 18.9. The number of halogens is 1. The van der Waals surface area contributed by atoms with E-state index in [2.05, 4.69) is 10.2 Å². The van der Waals surface area contributed by atoms with E-state index in [0.717, 1.165) is 18.5 Å². The predicted octanol–water partition coefficient (Wildman–Crippen LogP) is 3.12. The van der Waals surface area contributed by atoms with Gasteiger partial charge in [-0.2, -0.15) is 10.4 Å². The largest absolute Gasteiger partial charge is 0.451 e. The fourth-order valence-electron chi connectivity index (χ4n) is 2.35. The van der Waals surface area contributed by atoms with E-state index in [4.69, 9.17) is 21.6 Å². The number of benzene rings is 1. The van der Waals surface area contributed by atoms with Crippen LogP contribution in [-0.4, -0.2) is 35.2 Å². The van der Waals surface area contributed by atoms with Crippen LogP contribution in [0.5, 0.6) is 0 Å². The first kappa shape index (κ1) is 19.5. The Morgan fingerprint density at radius 1 is 1.38 bits per heavy atom. The van der Waals surface area contributed by atoms with Crippen LogP contribution in [0.15, 0.2) is 30.3 Å². The van der Waals surface area contributed by atoms with E-state index in [1.54, 1.807) is 30.3 Å². The maximum atomic E-state index is 12.5. The maximum Gasteiger partial charge on any atom is 0.359 e. The van der Waals surface area contributed by atoms with Gasteiger partial charge in [-0.25, -0.2) is 4.79 Å². The van der Waals surface area contributed by atoms with Crippen molar-refractivity contribution in [2.24, 2.45) is 0 Å². The Balaban J connectivity index is 2.02. The number of carbonyl (C=O) groups excluding carboxylic acids is 2. The molecule has 0 unspecified atom stereocenters. The molecule has 1 aromatic heterocycles. The zero-order valence-corrected chi connectivity index (χ0v) is 15.1. The molecule has 0 aliphatic rings. The fourth-order valence-corrected chi connectivity index (χ4v) is 2.53. The molecule has 1 N–H and O–H groups in total. The smallest absolute Gasteiger partial charge is 0.359 e. The SMILES string of the molecule is CCCc1cc(C(=O)OCC(=O)N(CCC#N)c2cccc(Cl)c2)n[nH]1. The number of nitrogens with one attached hydrogen (secondary N) is 1. The summed E-state index contributed by atoms with van der Waals surface area (Å²) >= 11 is 5.96. The molecule has 0 saturated carbocycles. The molecule has 1 aromatic carbocycles. The number of anilines is 1. The fraction of sp³-hybridized carbons (Fsp3) is 0.333. The first-order valence-corrected chi connectivity index (χ1v) is 8.57. The number of carbonyl (C=O) groups is 2. The Hall–Kier alpha value is -2.85. The number of hydrogen-bond donors (Lipinski definition) is 1. The molecule has 2 rings (SSSR count). The van der Waals surface area contributed by atoms with Crippen LogP contribution < -0.4 is 4.90 Å². The number of aromatic nitrogens is 2. The number of nitrogens with zero attached hydrogens (tertiary/aromatic N) is 3. The number of ether oxygens (including phenoxy) is 1. The van der Waals surface area contributed by atoms with Crippen molar-refractivity contribution in [3.8, 4) is 6.07 Å². The van der Waals surface area contributed by atoms with Gasteiger partial charge in [-0.1, -0.05) is 31.0 Å². The summed E-state index contributed by atoms with van der Waals surface area (Å²) in [5, 5.41) is 15.9. The molecule has 0 aliphatic heterocycles. The van der Waals surface area contributed by atoms with Gasteiger partial charge in [-0.15, -0.1) is 0 Å². The topological polar surface area (TPSA) is 99.1 Å². The highest BCUT2D eigenvalue weighted by Gasteiger charge is 2.19. The molecule has 8 heteroatoms. The van der Waals surface area contributed by atoms with E-state index in [1.165, 1.54) is 4.90 Å². The average molecular weight is 375 g/mol. The molecule has 0 bridgehead atoms. The number of aromatic amines is 1. The summed E-state index contributed by atoms with van der Waals surface area (Å²) in [5.74, 6) is -1.12. The molecular formula is C18H19ClN4O3. The number of esters is 1. The van der Waals surface area contributed by atoms with Gasteiger partial charge in [0.05, 0.1) is 12.5 Å². The van der Waals surface area contributed by atoms with E-state index < -0.39 is 18.5 Å². The van der Waals surface area contributed by atoms with Crippen LogP contribution in [0.25, 0.3) is 0 Å². The van der Waals surface area contributed by atoms with Crippen LogP contribution in [0.3, 0.4) is 0 Å². The second kappa shape index (κ2) is 9.59. The third-order valence-electron chi connectivity index (χ3n) is 3.55. The molecule has 7 nitrogen and oxygen atoms in total. The number of hydrogen-bond acceptors (Lipinski definition) is 5. The number of aryl methyl sites for hydroxylation is 1. The van der Waals surface area contributed by atoms with E-state index in [9.17, 15) is 9.59 Å². The molecule has 0 spiro atoms. The number of H-pyrrole nitrogens is 1. The van der Waals surface area contributed by atoms with Crippen molar-refractivity contribution in [1.82, 2.24) is 10.2 Å². The summed E-state index contributed by atoms with van der Waals surface area (Å²) in [6.07, 6.45) is 1.84. The summed E-state index contributed by atoms with van der Waals surface area (Å²) in [4.78, 5) is 25.9. The second-order valence-electron chi connectivity index (χ2n) is 5.54. The van der Waals surface area contributed by atoms with E-state index in [1.807, 2.05) is 13.0 Å². The molecule has 1 heterocycles. The first-order chi connectivity index (χ1) is 12.5. The van der Waals surface area contributed by atoms with Crippen molar-refractivity contribution >= 4 is 29.2 Å². The molecule has 0 atom stereocenters. The van der Waals surface area contributed by atoms with Crippen molar-refractivity contribution < 1.29 is 14.3 Å². The van der Waals surface area contributed by atoms with Crippen molar-refractivity contribution in [3.05, 3.63) is 46.7 Å². The third kappa shape index (κ3) is 5.33. The number of rotatable bonds is 8. The summed E-state index contributed by atoms with van der Waals surface area (Å²) < 4.78 is 5.07. The van der Waals surface area contributed by atoms with E-state index in [-0.39, 0.29) is 18.7 Å². The van der Waals surface area contributed by atoms with Crippen molar-refractivity contribution in [2.45, 2.75) is 26.2 Å². The Kier molecular flexibility index (Phi) is 7.18. The van der Waals surface area contributed by atoms with Gasteiger partial charge in [0, 0.05) is 22.9 Å². The molecule has 136 valence electrons. The van der Waals surface area contributed by atoms with Crippen LogP contribution in [0.1, 0.15) is 35.9 Å². The second-order valence-corrected chi connectivity index (χ2v) is 5.97. The van der Waals surface area contributed by atoms with Crippen LogP contribution in [0, 0.1) is 11.3 Å². The third-order valence-corrected chi connectivity index (χ3v) is 3.79. The van der Waals surface area contributed by atoms with Gasteiger partial charge >= 0.3 is 5.97 Å². The van der Waals surface area contributed by atoms with Gasteiger partial charge in [0.2, 0.25) is 0 Å². The highest BCUT2D eigenvalue weighted by atomic mass is 35.5. The lowest BCUT2D eigenvalue weighted by molar-refractivity contribution is -0.121. The predicted molar refractivity (Wildman–Crippen MR) is 96.9 cm³/mol. The summed E-state index contributed by atoms with van der Waals surface area (Å²) in [5.41, 5.74) is 1.51. The minimum atomic E-state index is -0.678. The lowest BCUT2D eigenvalue weighted by atomic mass is 10.2. The Bertz CT molecular complexity index is 813. The van der Waals surface area contributed by atoms with Crippen LogP contribution in [0.4, 0.5) is 5.69 Å².